The van der Waals surface area contributed by atoms with Gasteiger partial charge in [0.15, 0.2) is 23.9 Å². The Hall–Kier alpha value is -11.2. The lowest BCUT2D eigenvalue weighted by Crippen LogP contribution is -2.65. The molecule has 125 heavy (non-hydrogen) atoms. The molecule has 8 aliphatic heterocycles. The number of ether oxygens (including phenoxy) is 8. The van der Waals surface area contributed by atoms with Gasteiger partial charge in [-0.3, -0.25) is 43.6 Å². The molecule has 0 spiro atoms. The number of aromatic hydroxyl groups is 3. The largest absolute Gasteiger partial charge is 0.573 e. The smallest absolute Gasteiger partial charge is 0.508 e. The van der Waals surface area contributed by atoms with E-state index in [0.29, 0.717) is 12.8 Å². The third-order valence-corrected chi connectivity index (χ3v) is 22.5. The van der Waals surface area contributed by atoms with E-state index >= 15 is 19.2 Å². The summed E-state index contributed by atoms with van der Waals surface area (Å²) in [5.41, 5.74) is 3.10. The number of hydrogen-bond donors (Lipinski definition) is 21. The van der Waals surface area contributed by atoms with Gasteiger partial charge in [0, 0.05) is 54.5 Å². The number of aliphatic hydroxyl groups excluding tert-OH is 6. The summed E-state index contributed by atoms with van der Waals surface area (Å²) in [4.78, 5) is 133. The number of carbonyl (C=O) groups excluding carboxylic acids is 9. The summed E-state index contributed by atoms with van der Waals surface area (Å²) in [5, 5.41) is 139. The number of likely N-dealkylation sites (tertiary alicyclic amines) is 1. The lowest BCUT2D eigenvalue weighted by Gasteiger charge is -2.48. The SMILES string of the molecule is CNC(CC(C)C)C(=O)NC1C(=O)NC(CC(N)=O)C(=O)NC2C(=O)NC3C(=O)NC(C(=O)NC(C(=O)NO)c4cc(O)cc(O)c4-c4cc3ccc4O)C(O)c3ccc(c(Cl)c3)Oc3cc2cc(c3OC2OC(CO)C(O)C(O)C2OC2CC(C)(NCCOC3CCN(C(=O)Nc4ccc(OC(F)(F)F)cc4)CC3)C(O)C(C)O2)Oc2ccc(cc2Cl)C1O. The highest BCUT2D eigenvalue weighted by Crippen LogP contribution is 2.50. The van der Waals surface area contributed by atoms with E-state index in [0.717, 1.165) is 78.9 Å². The Morgan fingerprint density at radius 2 is 1.34 bits per heavy atom. The van der Waals surface area contributed by atoms with E-state index in [2.05, 4.69) is 52.6 Å². The number of halogens is 5. The van der Waals surface area contributed by atoms with E-state index in [4.69, 9.17) is 62.1 Å². The Kier molecular flexibility index (Phi) is 29.1. The molecule has 18 atom stereocenters. The third kappa shape index (κ3) is 21.5. The van der Waals surface area contributed by atoms with Gasteiger partial charge >= 0.3 is 12.4 Å². The Morgan fingerprint density at radius 1 is 0.720 bits per heavy atom. The molecule has 8 aliphatic rings. The summed E-state index contributed by atoms with van der Waals surface area (Å²) in [7, 11) is 1.46. The van der Waals surface area contributed by atoms with Gasteiger partial charge in [0.1, 0.15) is 101 Å². The number of nitrogens with one attached hydrogen (secondary N) is 10. The predicted molar refractivity (Wildman–Crippen MR) is 428 cm³/mol. The van der Waals surface area contributed by atoms with Crippen LogP contribution in [-0.4, -0.2) is 241 Å². The number of nitrogens with zero attached hydrogens (tertiary/aromatic N) is 1. The molecule has 18 unspecified atom stereocenters. The van der Waals surface area contributed by atoms with Crippen molar-refractivity contribution in [3.63, 3.8) is 0 Å². The maximum atomic E-state index is 16.3. The maximum Gasteiger partial charge on any atom is 0.573 e. The molecule has 0 aromatic heterocycles. The molecule has 22 N–H and O–H groups in total. The van der Waals surface area contributed by atoms with Crippen molar-refractivity contribution in [2.75, 3.05) is 45.2 Å². The lowest BCUT2D eigenvalue weighted by molar-refractivity contribution is -0.334. The summed E-state index contributed by atoms with van der Waals surface area (Å²) < 4.78 is 87.7. The minimum absolute atomic E-state index is 0.0553. The van der Waals surface area contributed by atoms with Crippen molar-refractivity contribution in [2.24, 2.45) is 11.7 Å². The Bertz CT molecular complexity index is 5040. The molecule has 14 rings (SSSR count). The number of likely N-dealkylation sites (N-methyl/N-ethyl adjacent to an activating group) is 1. The van der Waals surface area contributed by atoms with Gasteiger partial charge in [0.25, 0.3) is 5.91 Å². The van der Waals surface area contributed by atoms with Crippen LogP contribution in [0.4, 0.5) is 23.7 Å². The summed E-state index contributed by atoms with van der Waals surface area (Å²) in [6.45, 7) is 6.37. The molecular weight excluding hydrogens is 1700 g/mol. The number of anilines is 1. The summed E-state index contributed by atoms with van der Waals surface area (Å²) in [6.07, 6.45) is -23.8. The third-order valence-electron chi connectivity index (χ3n) is 21.9. The molecule has 0 aliphatic carbocycles. The number of rotatable bonds is 20. The van der Waals surface area contributed by atoms with Crippen LogP contribution in [0.1, 0.15) is 118 Å². The number of amides is 10. The zero-order valence-electron chi connectivity index (χ0n) is 67.2. The molecule has 44 heteroatoms. The quantitative estimate of drug-likeness (QED) is 0.0297. The average Bonchev–Trinajstić information content (AvgIpc) is 0.764. The van der Waals surface area contributed by atoms with Crippen molar-refractivity contribution < 1.29 is 145 Å². The van der Waals surface area contributed by atoms with Gasteiger partial charge in [-0.1, -0.05) is 55.2 Å². The van der Waals surface area contributed by atoms with E-state index < -0.39 is 260 Å². The van der Waals surface area contributed by atoms with Crippen molar-refractivity contribution in [1.29, 1.82) is 0 Å². The number of alkyl halides is 3. The normalized spacial score (nSPS) is 27.0. The van der Waals surface area contributed by atoms with Gasteiger partial charge in [-0.05, 0) is 153 Å². The van der Waals surface area contributed by atoms with Crippen LogP contribution in [0.25, 0.3) is 11.1 Å². The van der Waals surface area contributed by atoms with Gasteiger partial charge in [-0.25, -0.2) is 10.3 Å². The molecule has 6 aromatic rings. The van der Waals surface area contributed by atoms with Crippen LogP contribution in [0.2, 0.25) is 10.0 Å². The summed E-state index contributed by atoms with van der Waals surface area (Å²) in [6, 6.07) is 3.13. The second kappa shape index (κ2) is 39.1. The summed E-state index contributed by atoms with van der Waals surface area (Å²) >= 11 is 14.3. The van der Waals surface area contributed by atoms with Crippen molar-refractivity contribution in [2.45, 2.75) is 182 Å². The summed E-state index contributed by atoms with van der Waals surface area (Å²) in [5.74, 6) is -16.5. The monoisotopic (exact) mass is 1790 g/mol. The fraction of sp³-hybridized carbons (Fsp3) is 0.444. The predicted octanol–water partition coefficient (Wildman–Crippen LogP) is 2.77. The Labute approximate surface area is 719 Å². The van der Waals surface area contributed by atoms with Gasteiger partial charge in [-0.2, -0.15) is 0 Å². The van der Waals surface area contributed by atoms with Crippen LogP contribution >= 0.6 is 23.2 Å². The molecule has 6 aromatic carbocycles. The zero-order valence-corrected chi connectivity index (χ0v) is 68.7. The number of hydroxylamine groups is 1. The highest BCUT2D eigenvalue weighted by Gasteiger charge is 2.53. The average molecular weight is 1790 g/mol. The van der Waals surface area contributed by atoms with Crippen LogP contribution in [0.15, 0.2) is 103 Å². The van der Waals surface area contributed by atoms with Crippen molar-refractivity contribution in [3.8, 4) is 62.9 Å². The molecule has 8 heterocycles. The van der Waals surface area contributed by atoms with E-state index in [1.54, 1.807) is 20.8 Å². The molecule has 674 valence electrons. The number of benzene rings is 6. The lowest BCUT2D eigenvalue weighted by atomic mass is 9.85. The Morgan fingerprint density at radius 3 is 1.95 bits per heavy atom. The number of urea groups is 1. The highest BCUT2D eigenvalue weighted by atomic mass is 35.5. The van der Waals surface area contributed by atoms with Gasteiger partial charge in [0.2, 0.25) is 53.4 Å². The maximum absolute atomic E-state index is 16.3. The minimum Gasteiger partial charge on any atom is -0.508 e. The van der Waals surface area contributed by atoms with Crippen LogP contribution in [-0.2, 0) is 57.3 Å². The van der Waals surface area contributed by atoms with Crippen LogP contribution in [0.5, 0.6) is 51.7 Å². The first kappa shape index (κ1) is 93.0. The van der Waals surface area contributed by atoms with Crippen LogP contribution in [0.3, 0.4) is 0 Å². The molecule has 0 saturated carbocycles. The van der Waals surface area contributed by atoms with Crippen LogP contribution in [0, 0.1) is 5.92 Å². The van der Waals surface area contributed by atoms with Crippen LogP contribution < -0.4 is 78.0 Å². The first-order valence-corrected chi connectivity index (χ1v) is 40.1. The number of primary amides is 1. The molecule has 11 bridgehead atoms. The topological polar surface area (TPSA) is 579 Å². The van der Waals surface area contributed by atoms with E-state index in [9.17, 15) is 88.3 Å². The minimum atomic E-state index is -4.91. The number of fused-ring (bicyclic) bond motifs is 15. The van der Waals surface area contributed by atoms with Gasteiger partial charge in [-0.15, -0.1) is 13.2 Å². The highest BCUT2D eigenvalue weighted by molar-refractivity contribution is 6.32. The number of hydrogen-bond acceptors (Lipinski definition) is 29. The molecular formula is C81H93Cl2F3N12O27. The molecule has 10 amide bonds. The number of phenols is 3. The number of carbonyl (C=O) groups is 9. The number of nitrogens with two attached hydrogens (primary N) is 1. The van der Waals surface area contributed by atoms with Crippen molar-refractivity contribution in [1.82, 2.24) is 52.9 Å². The van der Waals surface area contributed by atoms with Gasteiger partial charge < -0.3 is 142 Å². The standard InChI is InChI=1S/C81H93Cl2F3N12O27/c1-33(2)22-47(88-5)71(109)95-62-64(104)36-7-14-51(45(82)24-36)120-53-26-38-27-54(68(53)124-78-69(67(107)66(106)55(32-99)122-78)123-57-31-80(4,70(108)34(3)119-57)89-18-21-118-41-16-19-98(20-17-41)79(116)90-39-9-11-42(12-10-39)125-81(84,85)86)121-52-15-8-37(25-46(52)83)65(105)63-76(114)94-61(77(115)97-117)44-28-40(100)29-50(102)58(44)43-23-35(6-13-49(43)101)59(73(111)96-63)93-74(112)60(38)92-72(110)48(30-56(87)103)91-75(62)113/h6-15,23-29,33-34,41,47-48,55,57,59-67,69-70,78,88-89,99-102,104-108,117H,16-22,30-32H2,1-5H3,(H2,87,103)(H,90,116)(H,91,113)(H,92,110)(H,93,112)(H,94,114)(H,95,109)(H,96,111)(H,97,115). The molecule has 0 radical (unpaired) electrons. The molecule has 3 fully saturated rings. The van der Waals surface area contributed by atoms with Gasteiger partial charge in [0.05, 0.1) is 54.0 Å². The number of aliphatic hydroxyl groups is 6. The molecule has 3 saturated heterocycles. The van der Waals surface area contributed by atoms with E-state index in [1.165, 1.54) is 48.6 Å². The Balaban J connectivity index is 0.954. The van der Waals surface area contributed by atoms with Crippen molar-refractivity contribution >= 4 is 82.2 Å². The fourth-order valence-corrected chi connectivity index (χ4v) is 15.9. The second-order valence-corrected chi connectivity index (χ2v) is 32.1. The van der Waals surface area contributed by atoms with E-state index in [-0.39, 0.29) is 79.2 Å². The fourth-order valence-electron chi connectivity index (χ4n) is 15.4. The zero-order chi connectivity index (χ0) is 90.5. The first-order chi connectivity index (χ1) is 59.2. The van der Waals surface area contributed by atoms with Crippen molar-refractivity contribution in [3.05, 3.63) is 141 Å². The molecule has 39 nitrogen and oxygen atoms in total. The number of piperidine rings is 1. The number of phenolic OH excluding ortho intramolecular Hbond substituents is 3. The first-order valence-electron chi connectivity index (χ1n) is 39.4. The van der Waals surface area contributed by atoms with E-state index in [1.807, 2.05) is 0 Å². The second-order valence-electron chi connectivity index (χ2n) is 31.3.